The van der Waals surface area contributed by atoms with Gasteiger partial charge < -0.3 is 4.74 Å². The van der Waals surface area contributed by atoms with E-state index in [9.17, 15) is 0 Å². The molecule has 0 N–H and O–H groups in total. The summed E-state index contributed by atoms with van der Waals surface area (Å²) >= 11 is 10.8. The number of ether oxygens (including phenoxy) is 1. The van der Waals surface area contributed by atoms with Crippen LogP contribution < -0.4 is 4.74 Å². The van der Waals surface area contributed by atoms with Crippen LogP contribution in [-0.2, 0) is 6.61 Å². The number of aromatic nitrogens is 1. The molecule has 0 aliphatic carbocycles. The minimum Gasteiger partial charge on any atom is -0.486 e. The molecule has 0 radical (unpaired) electrons. The second-order valence-electron chi connectivity index (χ2n) is 2.80. The van der Waals surface area contributed by atoms with Gasteiger partial charge in [0, 0.05) is 4.47 Å². The third-order valence-corrected chi connectivity index (χ3v) is 3.88. The van der Waals surface area contributed by atoms with Crippen molar-refractivity contribution in [3.8, 4) is 5.75 Å². The fourth-order valence-electron chi connectivity index (χ4n) is 1.02. The predicted octanol–water partition coefficient (Wildman–Crippen LogP) is 4.14. The van der Waals surface area contributed by atoms with Crippen LogP contribution >= 0.6 is 38.9 Å². The lowest BCUT2D eigenvalue weighted by Gasteiger charge is -2.04. The summed E-state index contributed by atoms with van der Waals surface area (Å²) < 4.78 is 6.62. The van der Waals surface area contributed by atoms with Crippen molar-refractivity contribution < 1.29 is 4.74 Å². The summed E-state index contributed by atoms with van der Waals surface area (Å²) in [5.41, 5.74) is 0. The highest BCUT2D eigenvalue weighted by molar-refractivity contribution is 9.10. The van der Waals surface area contributed by atoms with Gasteiger partial charge in [0.2, 0.25) is 0 Å². The number of rotatable bonds is 3. The number of thiophene rings is 1. The number of hydrogen-bond donors (Lipinski definition) is 0. The van der Waals surface area contributed by atoms with Gasteiger partial charge in [-0.2, -0.15) is 0 Å². The first kappa shape index (κ1) is 10.9. The highest BCUT2D eigenvalue weighted by atomic mass is 79.9. The summed E-state index contributed by atoms with van der Waals surface area (Å²) in [4.78, 5) is 5.09. The van der Waals surface area contributed by atoms with Crippen LogP contribution in [-0.4, -0.2) is 4.98 Å². The molecule has 5 heteroatoms. The molecule has 78 valence electrons. The molecule has 0 spiro atoms. The molecule has 0 bridgehead atoms. The summed E-state index contributed by atoms with van der Waals surface area (Å²) in [6.45, 7) is 0.543. The van der Waals surface area contributed by atoms with Crippen LogP contribution in [0.5, 0.6) is 5.75 Å². The standard InChI is InChI=1S/C10H7BrClNOS/c11-8-3-4-15-9(8)6-14-7-1-2-10(12)13-5-7/h1-5H,6H2. The third kappa shape index (κ3) is 2.93. The molecule has 2 aromatic heterocycles. The maximum Gasteiger partial charge on any atom is 0.138 e. The van der Waals surface area contributed by atoms with Gasteiger partial charge in [0.1, 0.15) is 17.5 Å². The Morgan fingerprint density at radius 2 is 2.27 bits per heavy atom. The van der Waals surface area contributed by atoms with E-state index in [1.54, 1.807) is 29.7 Å². The van der Waals surface area contributed by atoms with Gasteiger partial charge in [-0.3, -0.25) is 0 Å². The molecule has 0 unspecified atom stereocenters. The fourth-order valence-corrected chi connectivity index (χ4v) is 2.51. The fraction of sp³-hybridized carbons (Fsp3) is 0.100. The molecule has 2 rings (SSSR count). The van der Waals surface area contributed by atoms with E-state index < -0.39 is 0 Å². The topological polar surface area (TPSA) is 22.1 Å². The SMILES string of the molecule is Clc1ccc(OCc2sccc2Br)cn1. The molecule has 0 fully saturated rings. The van der Waals surface area contributed by atoms with E-state index in [1.807, 2.05) is 11.4 Å². The molecule has 2 nitrogen and oxygen atoms in total. The zero-order valence-electron chi connectivity index (χ0n) is 7.61. The molecule has 0 saturated heterocycles. The van der Waals surface area contributed by atoms with Gasteiger partial charge in [-0.25, -0.2) is 4.98 Å². The average Bonchev–Trinajstić information content (AvgIpc) is 2.63. The Labute approximate surface area is 105 Å². The minimum absolute atomic E-state index is 0.472. The number of halogens is 2. The summed E-state index contributed by atoms with van der Waals surface area (Å²) in [5, 5.41) is 2.49. The lowest BCUT2D eigenvalue weighted by molar-refractivity contribution is 0.308. The van der Waals surface area contributed by atoms with Crippen molar-refractivity contribution in [3.63, 3.8) is 0 Å². The van der Waals surface area contributed by atoms with Crippen LogP contribution in [0.25, 0.3) is 0 Å². The van der Waals surface area contributed by atoms with Gasteiger partial charge >= 0.3 is 0 Å². The van der Waals surface area contributed by atoms with Gasteiger partial charge in [0.15, 0.2) is 0 Å². The second kappa shape index (κ2) is 4.96. The molecule has 0 amide bonds. The van der Waals surface area contributed by atoms with E-state index in [1.165, 1.54) is 0 Å². The van der Waals surface area contributed by atoms with Crippen molar-refractivity contribution in [2.45, 2.75) is 6.61 Å². The summed E-state index contributed by atoms with van der Waals surface area (Å²) in [6, 6.07) is 5.51. The third-order valence-electron chi connectivity index (χ3n) is 1.76. The summed E-state index contributed by atoms with van der Waals surface area (Å²) in [6.07, 6.45) is 1.61. The maximum atomic E-state index is 5.66. The van der Waals surface area contributed by atoms with Crippen molar-refractivity contribution in [2.75, 3.05) is 0 Å². The van der Waals surface area contributed by atoms with Crippen LogP contribution in [0.1, 0.15) is 4.88 Å². The van der Waals surface area contributed by atoms with Crippen molar-refractivity contribution in [3.05, 3.63) is 44.3 Å². The molecule has 2 heterocycles. The Morgan fingerprint density at radius 1 is 1.40 bits per heavy atom. The second-order valence-corrected chi connectivity index (χ2v) is 5.04. The van der Waals surface area contributed by atoms with Gasteiger partial charge in [0.05, 0.1) is 11.1 Å². The zero-order valence-corrected chi connectivity index (χ0v) is 10.8. The van der Waals surface area contributed by atoms with Gasteiger partial charge in [-0.05, 0) is 39.5 Å². The Kier molecular flexibility index (Phi) is 3.61. The Bertz CT molecular complexity index is 443. The largest absolute Gasteiger partial charge is 0.486 e. The highest BCUT2D eigenvalue weighted by Crippen LogP contribution is 2.24. The molecule has 0 saturated carbocycles. The lowest BCUT2D eigenvalue weighted by Crippen LogP contribution is -1.93. The number of hydrogen-bond acceptors (Lipinski definition) is 3. The number of nitrogens with zero attached hydrogens (tertiary/aromatic N) is 1. The minimum atomic E-state index is 0.472. The maximum absolute atomic E-state index is 5.66. The molecule has 15 heavy (non-hydrogen) atoms. The predicted molar refractivity (Wildman–Crippen MR) is 65.6 cm³/mol. The van der Waals surface area contributed by atoms with Crippen molar-refractivity contribution >= 4 is 38.9 Å². The Morgan fingerprint density at radius 3 is 2.87 bits per heavy atom. The van der Waals surface area contributed by atoms with Crippen LogP contribution in [0.3, 0.4) is 0 Å². The van der Waals surface area contributed by atoms with Crippen LogP contribution in [0, 0.1) is 0 Å². The van der Waals surface area contributed by atoms with Gasteiger partial charge in [-0.15, -0.1) is 11.3 Å². The van der Waals surface area contributed by atoms with E-state index in [4.69, 9.17) is 16.3 Å². The van der Waals surface area contributed by atoms with E-state index >= 15 is 0 Å². The normalized spacial score (nSPS) is 10.3. The quantitative estimate of drug-likeness (QED) is 0.795. The van der Waals surface area contributed by atoms with Crippen LogP contribution in [0.4, 0.5) is 0 Å². The van der Waals surface area contributed by atoms with Crippen LogP contribution in [0.15, 0.2) is 34.2 Å². The monoisotopic (exact) mass is 303 g/mol. The first-order valence-electron chi connectivity index (χ1n) is 4.22. The summed E-state index contributed by atoms with van der Waals surface area (Å²) in [7, 11) is 0. The molecule has 2 aromatic rings. The number of pyridine rings is 1. The highest BCUT2D eigenvalue weighted by Gasteiger charge is 2.02. The van der Waals surface area contributed by atoms with E-state index in [-0.39, 0.29) is 0 Å². The van der Waals surface area contributed by atoms with E-state index in [2.05, 4.69) is 20.9 Å². The van der Waals surface area contributed by atoms with Gasteiger partial charge in [-0.1, -0.05) is 11.6 Å². The summed E-state index contributed by atoms with van der Waals surface area (Å²) in [5.74, 6) is 0.722. The first-order valence-corrected chi connectivity index (χ1v) is 6.27. The van der Waals surface area contributed by atoms with E-state index in [0.717, 1.165) is 15.1 Å². The Balaban J connectivity index is 1.99. The first-order chi connectivity index (χ1) is 7.25. The average molecular weight is 305 g/mol. The zero-order chi connectivity index (χ0) is 10.7. The molecule has 0 aromatic carbocycles. The molecular weight excluding hydrogens is 298 g/mol. The molecule has 0 aliphatic rings. The van der Waals surface area contributed by atoms with Crippen LogP contribution in [0.2, 0.25) is 5.15 Å². The molecule has 0 aliphatic heterocycles. The van der Waals surface area contributed by atoms with Crippen molar-refractivity contribution in [1.29, 1.82) is 0 Å². The molecular formula is C10H7BrClNOS. The molecule has 0 atom stereocenters. The van der Waals surface area contributed by atoms with Gasteiger partial charge in [0.25, 0.3) is 0 Å². The van der Waals surface area contributed by atoms with Crippen molar-refractivity contribution in [1.82, 2.24) is 4.98 Å². The van der Waals surface area contributed by atoms with E-state index in [0.29, 0.717) is 11.8 Å². The lowest BCUT2D eigenvalue weighted by atomic mass is 10.4. The smallest absolute Gasteiger partial charge is 0.138 e. The Hall–Kier alpha value is -0.580. The van der Waals surface area contributed by atoms with Crippen molar-refractivity contribution in [2.24, 2.45) is 0 Å².